The number of hydrogen-bond acceptors (Lipinski definition) is 4. The fraction of sp³-hybridized carbons (Fsp3) is 0.0833. The van der Waals surface area contributed by atoms with Crippen molar-refractivity contribution in [2.24, 2.45) is 0 Å². The monoisotopic (exact) mass is 434 g/mol. The number of allylic oxidation sites excluding steroid dienone is 1. The Hall–Kier alpha value is -3.44. The first kappa shape index (κ1) is 21.3. The number of nitrogens with zero attached hydrogens (tertiary/aromatic N) is 2. The van der Waals surface area contributed by atoms with Gasteiger partial charge in [-0.25, -0.2) is 0 Å². The van der Waals surface area contributed by atoms with E-state index in [1.165, 1.54) is 7.11 Å². The van der Waals surface area contributed by atoms with Gasteiger partial charge in [0.05, 0.1) is 35.4 Å². The van der Waals surface area contributed by atoms with Crippen molar-refractivity contribution < 1.29 is 9.47 Å². The van der Waals surface area contributed by atoms with Crippen LogP contribution in [-0.2, 0) is 6.61 Å². The molecular weight excluding hydrogens is 419 g/mol. The Kier molecular flexibility index (Phi) is 6.99. The average Bonchev–Trinajstić information content (AvgIpc) is 2.77. The Balaban J connectivity index is 1.88. The maximum Gasteiger partial charge on any atom is 0.180 e. The van der Waals surface area contributed by atoms with Crippen LogP contribution in [0, 0.1) is 22.7 Å². The number of halogens is 2. The summed E-state index contributed by atoms with van der Waals surface area (Å²) in [6.45, 7) is 0.303. The fourth-order valence-electron chi connectivity index (χ4n) is 2.77. The molecule has 0 N–H and O–H groups in total. The molecule has 0 fully saturated rings. The highest BCUT2D eigenvalue weighted by molar-refractivity contribution is 6.32. The van der Waals surface area contributed by atoms with Gasteiger partial charge in [-0.2, -0.15) is 10.5 Å². The Bertz CT molecular complexity index is 1160. The van der Waals surface area contributed by atoms with Gasteiger partial charge in [0, 0.05) is 5.02 Å². The quantitative estimate of drug-likeness (QED) is 0.327. The lowest BCUT2D eigenvalue weighted by molar-refractivity contribution is 0.284. The molecule has 0 saturated heterocycles. The van der Waals surface area contributed by atoms with Crippen molar-refractivity contribution in [1.82, 2.24) is 0 Å². The summed E-state index contributed by atoms with van der Waals surface area (Å²) < 4.78 is 11.3. The van der Waals surface area contributed by atoms with Crippen LogP contribution in [0.5, 0.6) is 11.5 Å². The highest BCUT2D eigenvalue weighted by Crippen LogP contribution is 2.38. The van der Waals surface area contributed by atoms with Crippen molar-refractivity contribution >= 4 is 34.9 Å². The molecule has 30 heavy (non-hydrogen) atoms. The summed E-state index contributed by atoms with van der Waals surface area (Å²) in [6, 6.07) is 21.8. The lowest BCUT2D eigenvalue weighted by Crippen LogP contribution is -1.99. The highest BCUT2D eigenvalue weighted by atomic mass is 35.5. The van der Waals surface area contributed by atoms with E-state index in [0.717, 1.165) is 5.56 Å². The van der Waals surface area contributed by atoms with Crippen LogP contribution in [0.25, 0.3) is 11.6 Å². The van der Waals surface area contributed by atoms with Gasteiger partial charge in [0.1, 0.15) is 6.61 Å². The van der Waals surface area contributed by atoms with Crippen LogP contribution >= 0.6 is 23.2 Å². The number of rotatable bonds is 6. The van der Waals surface area contributed by atoms with Crippen molar-refractivity contribution in [2.75, 3.05) is 7.11 Å². The molecule has 6 heteroatoms. The zero-order valence-corrected chi connectivity index (χ0v) is 17.5. The van der Waals surface area contributed by atoms with Crippen molar-refractivity contribution in [2.45, 2.75) is 6.61 Å². The zero-order valence-electron chi connectivity index (χ0n) is 16.0. The van der Waals surface area contributed by atoms with Crippen LogP contribution in [0.3, 0.4) is 0 Å². The van der Waals surface area contributed by atoms with Gasteiger partial charge in [-0.15, -0.1) is 0 Å². The molecule has 0 atom stereocenters. The molecule has 4 nitrogen and oxygen atoms in total. The number of methoxy groups -OCH3 is 1. The van der Waals surface area contributed by atoms with Crippen molar-refractivity contribution in [3.8, 4) is 23.6 Å². The van der Waals surface area contributed by atoms with Gasteiger partial charge in [-0.1, -0.05) is 47.5 Å². The molecule has 0 saturated carbocycles. The summed E-state index contributed by atoms with van der Waals surface area (Å²) in [5, 5.41) is 19.5. The molecule has 0 heterocycles. The predicted molar refractivity (Wildman–Crippen MR) is 118 cm³/mol. The topological polar surface area (TPSA) is 66.0 Å². The highest BCUT2D eigenvalue weighted by Gasteiger charge is 2.13. The molecule has 0 aromatic heterocycles. The molecule has 0 spiro atoms. The van der Waals surface area contributed by atoms with E-state index in [1.807, 2.05) is 12.1 Å². The van der Waals surface area contributed by atoms with Gasteiger partial charge in [-0.3, -0.25) is 0 Å². The van der Waals surface area contributed by atoms with Gasteiger partial charge in [0.2, 0.25) is 0 Å². The minimum Gasteiger partial charge on any atom is -0.493 e. The minimum absolute atomic E-state index is 0.303. The summed E-state index contributed by atoms with van der Waals surface area (Å²) in [4.78, 5) is 0. The maximum atomic E-state index is 9.57. The van der Waals surface area contributed by atoms with E-state index >= 15 is 0 Å². The molecular formula is C24H16Cl2N2O2. The molecule has 0 bridgehead atoms. The minimum atomic E-state index is 0.303. The van der Waals surface area contributed by atoms with Gasteiger partial charge in [-0.05, 0) is 59.2 Å². The summed E-state index contributed by atoms with van der Waals surface area (Å²) in [5.41, 5.74) is 3.30. The second-order valence-electron chi connectivity index (χ2n) is 6.31. The third-order valence-electron chi connectivity index (χ3n) is 4.30. The Morgan fingerprint density at radius 1 is 1.00 bits per heavy atom. The Morgan fingerprint density at radius 3 is 2.30 bits per heavy atom. The van der Waals surface area contributed by atoms with Gasteiger partial charge >= 0.3 is 0 Å². The van der Waals surface area contributed by atoms with Gasteiger partial charge in [0.25, 0.3) is 0 Å². The molecule has 3 aromatic rings. The van der Waals surface area contributed by atoms with Crippen LogP contribution in [0.4, 0.5) is 0 Å². The Labute approximate surface area is 185 Å². The van der Waals surface area contributed by atoms with E-state index in [4.69, 9.17) is 37.9 Å². The standard InChI is InChI=1S/C24H16Cl2N2O2/c1-29-23-12-18(10-20(14-28)19-6-2-16(13-27)3-7-19)11-22(26)24(23)30-15-17-4-8-21(25)9-5-17/h2-12H,15H2,1H3. The molecule has 3 rings (SSSR count). The third-order valence-corrected chi connectivity index (χ3v) is 4.84. The molecule has 0 radical (unpaired) electrons. The van der Waals surface area contributed by atoms with Crippen LogP contribution in [0.1, 0.15) is 22.3 Å². The maximum absolute atomic E-state index is 9.57. The summed E-state index contributed by atoms with van der Waals surface area (Å²) in [5.74, 6) is 0.878. The molecule has 0 unspecified atom stereocenters. The summed E-state index contributed by atoms with van der Waals surface area (Å²) >= 11 is 12.4. The van der Waals surface area contributed by atoms with Crippen molar-refractivity contribution in [1.29, 1.82) is 10.5 Å². The zero-order chi connectivity index (χ0) is 21.5. The Morgan fingerprint density at radius 2 is 1.70 bits per heavy atom. The molecule has 0 amide bonds. The lowest BCUT2D eigenvalue weighted by Gasteiger charge is -2.14. The second kappa shape index (κ2) is 9.85. The number of hydrogen-bond donors (Lipinski definition) is 0. The van der Waals surface area contributed by atoms with E-state index in [0.29, 0.717) is 50.4 Å². The molecule has 0 aliphatic carbocycles. The summed E-state index contributed by atoms with van der Waals surface area (Å²) in [7, 11) is 1.53. The largest absolute Gasteiger partial charge is 0.493 e. The first-order valence-corrected chi connectivity index (χ1v) is 9.66. The first-order chi connectivity index (χ1) is 14.5. The second-order valence-corrected chi connectivity index (χ2v) is 7.15. The molecule has 0 aliphatic rings. The first-order valence-electron chi connectivity index (χ1n) is 8.91. The third kappa shape index (κ3) is 5.13. The van der Waals surface area contributed by atoms with E-state index in [2.05, 4.69) is 12.1 Å². The number of ether oxygens (including phenoxy) is 2. The number of nitriles is 2. The van der Waals surface area contributed by atoms with Gasteiger partial charge in [0.15, 0.2) is 11.5 Å². The van der Waals surface area contributed by atoms with Crippen molar-refractivity contribution in [3.05, 3.63) is 93.0 Å². The fourth-order valence-corrected chi connectivity index (χ4v) is 3.17. The van der Waals surface area contributed by atoms with Crippen LogP contribution < -0.4 is 9.47 Å². The average molecular weight is 435 g/mol. The summed E-state index contributed by atoms with van der Waals surface area (Å²) in [6.07, 6.45) is 1.71. The predicted octanol–water partition coefficient (Wildman–Crippen LogP) is 6.52. The van der Waals surface area contributed by atoms with E-state index in [1.54, 1.807) is 54.6 Å². The van der Waals surface area contributed by atoms with Gasteiger partial charge < -0.3 is 9.47 Å². The van der Waals surface area contributed by atoms with E-state index in [9.17, 15) is 5.26 Å². The van der Waals surface area contributed by atoms with E-state index in [-0.39, 0.29) is 0 Å². The van der Waals surface area contributed by atoms with Crippen molar-refractivity contribution in [3.63, 3.8) is 0 Å². The van der Waals surface area contributed by atoms with Crippen LogP contribution in [0.2, 0.25) is 10.0 Å². The molecule has 0 aliphatic heterocycles. The lowest BCUT2D eigenvalue weighted by atomic mass is 10.0. The smallest absolute Gasteiger partial charge is 0.180 e. The molecule has 3 aromatic carbocycles. The number of benzene rings is 3. The normalized spacial score (nSPS) is 10.8. The van der Waals surface area contributed by atoms with E-state index < -0.39 is 0 Å². The molecule has 148 valence electrons. The SMILES string of the molecule is COc1cc(C=C(C#N)c2ccc(C#N)cc2)cc(Cl)c1OCc1ccc(Cl)cc1. The van der Waals surface area contributed by atoms with Crippen LogP contribution in [-0.4, -0.2) is 7.11 Å². The van der Waals surface area contributed by atoms with Crippen LogP contribution in [0.15, 0.2) is 60.7 Å².